The zero-order chi connectivity index (χ0) is 12.6. The second kappa shape index (κ2) is 10.1. The fourth-order valence-corrected chi connectivity index (χ4v) is 2.09. The molecule has 0 unspecified atom stereocenters. The van der Waals surface area contributed by atoms with Crippen LogP contribution < -0.4 is 17.0 Å². The number of rotatable bonds is 8. The first-order valence-electron chi connectivity index (χ1n) is 6.82. The molecule has 0 aliphatic carbocycles. The van der Waals surface area contributed by atoms with Crippen LogP contribution >= 0.6 is 0 Å². The first-order valence-corrected chi connectivity index (χ1v) is 6.82. The molecule has 1 atom stereocenters. The van der Waals surface area contributed by atoms with Crippen LogP contribution in [0, 0.1) is 5.92 Å². The summed E-state index contributed by atoms with van der Waals surface area (Å²) >= 11 is 0. The van der Waals surface area contributed by atoms with E-state index in [0.29, 0.717) is 0 Å². The summed E-state index contributed by atoms with van der Waals surface area (Å²) in [5, 5.41) is 0. The van der Waals surface area contributed by atoms with Crippen molar-refractivity contribution in [3.8, 4) is 0 Å². The molecule has 0 fully saturated rings. The molecule has 0 aliphatic rings. The van der Waals surface area contributed by atoms with Crippen LogP contribution in [-0.2, 0) is 0 Å². The third kappa shape index (κ3) is 12.4. The number of allylic oxidation sites excluding steroid dienone is 2. The van der Waals surface area contributed by atoms with Crippen LogP contribution in [0.25, 0.3) is 0 Å². The molecule has 0 rings (SSSR count). The Balaban J connectivity index is 0. The maximum Gasteiger partial charge on any atom is 0.0785 e. The Morgan fingerprint density at radius 3 is 2.18 bits per heavy atom. The molecule has 0 N–H and O–H groups in total. The average Bonchev–Trinajstić information content (AvgIpc) is 2.14. The number of quaternary nitrogens is 1. The molecule has 0 heterocycles. The molecule has 0 amide bonds. The van der Waals surface area contributed by atoms with Crippen LogP contribution in [-0.4, -0.2) is 31.7 Å². The quantitative estimate of drug-likeness (QED) is 0.468. The lowest BCUT2D eigenvalue weighted by Gasteiger charge is -2.30. The molecule has 0 radical (unpaired) electrons. The standard InChI is InChI=1S/C15H32N.BrH/c1-7-12-16(5,6)13-11-15(4)10-8-9-14(2)3;/h9,15H,7-8,10-13H2,1-6H3;1H/q+1;/p-1/t15-;/m1./s1. The number of hydrogen-bond donors (Lipinski definition) is 0. The largest absolute Gasteiger partial charge is 1.00 e. The van der Waals surface area contributed by atoms with Gasteiger partial charge in [-0.3, -0.25) is 0 Å². The normalized spacial score (nSPS) is 12.8. The van der Waals surface area contributed by atoms with Gasteiger partial charge in [0.15, 0.2) is 0 Å². The molecule has 0 aromatic carbocycles. The van der Waals surface area contributed by atoms with E-state index in [1.165, 1.54) is 48.8 Å². The number of halogens is 1. The molecule has 104 valence electrons. The van der Waals surface area contributed by atoms with Crippen molar-refractivity contribution in [3.63, 3.8) is 0 Å². The summed E-state index contributed by atoms with van der Waals surface area (Å²) in [5.41, 5.74) is 1.45. The molecule has 2 heteroatoms. The molecule has 0 aliphatic heterocycles. The van der Waals surface area contributed by atoms with Crippen molar-refractivity contribution in [2.45, 2.75) is 53.4 Å². The Labute approximate surface area is 120 Å². The summed E-state index contributed by atoms with van der Waals surface area (Å²) in [5.74, 6) is 0.866. The Bertz CT molecular complexity index is 205. The first-order chi connectivity index (χ1) is 7.37. The van der Waals surface area contributed by atoms with Crippen molar-refractivity contribution in [1.82, 2.24) is 0 Å². The van der Waals surface area contributed by atoms with Gasteiger partial charge in [0.2, 0.25) is 0 Å². The van der Waals surface area contributed by atoms with Gasteiger partial charge in [-0.2, -0.15) is 0 Å². The summed E-state index contributed by atoms with van der Waals surface area (Å²) in [4.78, 5) is 0. The topological polar surface area (TPSA) is 0 Å². The summed E-state index contributed by atoms with van der Waals surface area (Å²) in [6.07, 6.45) is 7.62. The van der Waals surface area contributed by atoms with E-state index in [1.54, 1.807) is 0 Å². The summed E-state index contributed by atoms with van der Waals surface area (Å²) in [6.45, 7) is 11.7. The second-order valence-electron chi connectivity index (χ2n) is 6.14. The van der Waals surface area contributed by atoms with Gasteiger partial charge in [-0.15, -0.1) is 0 Å². The van der Waals surface area contributed by atoms with Crippen LogP contribution in [0.1, 0.15) is 53.4 Å². The van der Waals surface area contributed by atoms with Crippen molar-refractivity contribution in [3.05, 3.63) is 11.6 Å². The summed E-state index contributed by atoms with van der Waals surface area (Å²) in [6, 6.07) is 0. The molecular formula is C15H32BrN. The lowest BCUT2D eigenvalue weighted by Crippen LogP contribution is -3.00. The monoisotopic (exact) mass is 305 g/mol. The number of nitrogens with zero attached hydrogens (tertiary/aromatic N) is 1. The van der Waals surface area contributed by atoms with Gasteiger partial charge in [-0.25, -0.2) is 0 Å². The van der Waals surface area contributed by atoms with Crippen molar-refractivity contribution in [2.75, 3.05) is 27.2 Å². The highest BCUT2D eigenvalue weighted by atomic mass is 79.9. The maximum absolute atomic E-state index is 2.39. The third-order valence-electron chi connectivity index (χ3n) is 3.27. The maximum atomic E-state index is 2.39. The molecule has 0 saturated heterocycles. The van der Waals surface area contributed by atoms with E-state index in [0.717, 1.165) is 5.92 Å². The van der Waals surface area contributed by atoms with Crippen molar-refractivity contribution in [1.29, 1.82) is 0 Å². The van der Waals surface area contributed by atoms with E-state index in [4.69, 9.17) is 0 Å². The minimum Gasteiger partial charge on any atom is -1.00 e. The van der Waals surface area contributed by atoms with Gasteiger partial charge in [0.05, 0.1) is 27.2 Å². The van der Waals surface area contributed by atoms with Crippen LogP contribution in [0.2, 0.25) is 0 Å². The average molecular weight is 306 g/mol. The Morgan fingerprint density at radius 2 is 1.71 bits per heavy atom. The Hall–Kier alpha value is 0.180. The van der Waals surface area contributed by atoms with Gasteiger partial charge in [0, 0.05) is 0 Å². The van der Waals surface area contributed by atoms with Gasteiger partial charge < -0.3 is 21.5 Å². The molecule has 1 nitrogen and oxygen atoms in total. The molecular weight excluding hydrogens is 274 g/mol. The fraction of sp³-hybridized carbons (Fsp3) is 0.867. The van der Waals surface area contributed by atoms with Crippen LogP contribution in [0.4, 0.5) is 0 Å². The van der Waals surface area contributed by atoms with E-state index >= 15 is 0 Å². The van der Waals surface area contributed by atoms with E-state index in [1.807, 2.05) is 0 Å². The van der Waals surface area contributed by atoms with Gasteiger partial charge in [-0.05, 0) is 45.4 Å². The van der Waals surface area contributed by atoms with E-state index < -0.39 is 0 Å². The lowest BCUT2D eigenvalue weighted by atomic mass is 10.0. The smallest absolute Gasteiger partial charge is 0.0785 e. The highest BCUT2D eigenvalue weighted by Gasteiger charge is 2.14. The van der Waals surface area contributed by atoms with Gasteiger partial charge in [0.25, 0.3) is 0 Å². The first kappa shape index (κ1) is 19.5. The third-order valence-corrected chi connectivity index (χ3v) is 3.27. The van der Waals surface area contributed by atoms with Gasteiger partial charge >= 0.3 is 0 Å². The van der Waals surface area contributed by atoms with Crippen molar-refractivity contribution >= 4 is 0 Å². The van der Waals surface area contributed by atoms with E-state index in [9.17, 15) is 0 Å². The highest BCUT2D eigenvalue weighted by Crippen LogP contribution is 2.14. The number of hydrogen-bond acceptors (Lipinski definition) is 0. The highest BCUT2D eigenvalue weighted by molar-refractivity contribution is 4.92. The van der Waals surface area contributed by atoms with E-state index in [-0.39, 0.29) is 17.0 Å². The predicted molar refractivity (Wildman–Crippen MR) is 74.6 cm³/mol. The lowest BCUT2D eigenvalue weighted by molar-refractivity contribution is -0.890. The minimum atomic E-state index is 0. The Morgan fingerprint density at radius 1 is 1.12 bits per heavy atom. The van der Waals surface area contributed by atoms with E-state index in [2.05, 4.69) is 47.9 Å². The molecule has 0 spiro atoms. The van der Waals surface area contributed by atoms with Crippen molar-refractivity contribution < 1.29 is 21.5 Å². The van der Waals surface area contributed by atoms with Crippen molar-refractivity contribution in [2.24, 2.45) is 5.92 Å². The molecule has 0 aromatic heterocycles. The molecule has 0 aromatic rings. The van der Waals surface area contributed by atoms with Gasteiger partial charge in [-0.1, -0.05) is 25.5 Å². The summed E-state index contributed by atoms with van der Waals surface area (Å²) in [7, 11) is 4.71. The van der Waals surface area contributed by atoms with Gasteiger partial charge in [0.1, 0.15) is 0 Å². The zero-order valence-corrected chi connectivity index (χ0v) is 14.3. The van der Waals surface area contributed by atoms with Crippen LogP contribution in [0.3, 0.4) is 0 Å². The Kier molecular flexibility index (Phi) is 11.6. The SMILES string of the molecule is CCC[N+](C)(C)CC[C@H](C)CCC=C(C)C.[Br-]. The van der Waals surface area contributed by atoms with Crippen LogP contribution in [0.5, 0.6) is 0 Å². The molecule has 17 heavy (non-hydrogen) atoms. The fourth-order valence-electron chi connectivity index (χ4n) is 2.09. The summed E-state index contributed by atoms with van der Waals surface area (Å²) < 4.78 is 1.18. The van der Waals surface area contributed by atoms with Crippen LogP contribution in [0.15, 0.2) is 11.6 Å². The zero-order valence-electron chi connectivity index (χ0n) is 12.7. The molecule has 0 saturated carbocycles. The molecule has 0 bridgehead atoms. The predicted octanol–water partition coefficient (Wildman–Crippen LogP) is 1.25. The minimum absolute atomic E-state index is 0. The second-order valence-corrected chi connectivity index (χ2v) is 6.14.